The number of carbonyl (C=O) groups is 1. The summed E-state index contributed by atoms with van der Waals surface area (Å²) < 4.78 is 24.7. The van der Waals surface area contributed by atoms with Crippen molar-refractivity contribution >= 4 is 39.3 Å². The Morgan fingerprint density at radius 1 is 1.17 bits per heavy atom. The van der Waals surface area contributed by atoms with Gasteiger partial charge in [-0.05, 0) is 29.8 Å². The van der Waals surface area contributed by atoms with Gasteiger partial charge >= 0.3 is 0 Å². The van der Waals surface area contributed by atoms with Crippen LogP contribution in [0.15, 0.2) is 40.9 Å². The molecule has 0 unspecified atom stereocenters. The average Bonchev–Trinajstić information content (AvgIpc) is 2.57. The summed E-state index contributed by atoms with van der Waals surface area (Å²) in [5.41, 5.74) is 1.63. The van der Waals surface area contributed by atoms with E-state index in [-0.39, 0.29) is 11.7 Å². The predicted molar refractivity (Wildman–Crippen MR) is 96.3 cm³/mol. The average molecular weight is 412 g/mol. The van der Waals surface area contributed by atoms with Gasteiger partial charge in [0.15, 0.2) is 11.5 Å². The monoisotopic (exact) mass is 411 g/mol. The summed E-state index contributed by atoms with van der Waals surface area (Å²) in [5, 5.41) is 2.83. The molecule has 126 valence electrons. The summed E-state index contributed by atoms with van der Waals surface area (Å²) in [7, 11) is 0. The number of hydrogen-bond acceptors (Lipinski definition) is 4. The molecule has 0 spiro atoms. The second kappa shape index (κ2) is 7.90. The second-order valence-electron chi connectivity index (χ2n) is 5.14. The maximum Gasteiger partial charge on any atom is 0.234 e. The van der Waals surface area contributed by atoms with Gasteiger partial charge in [0.2, 0.25) is 5.91 Å². The van der Waals surface area contributed by atoms with Gasteiger partial charge < -0.3 is 14.8 Å². The van der Waals surface area contributed by atoms with Gasteiger partial charge in [-0.2, -0.15) is 0 Å². The molecule has 1 N–H and O–H groups in total. The highest BCUT2D eigenvalue weighted by Crippen LogP contribution is 2.32. The summed E-state index contributed by atoms with van der Waals surface area (Å²) in [6, 6.07) is 9.87. The minimum atomic E-state index is -0.285. The van der Waals surface area contributed by atoms with E-state index in [0.717, 1.165) is 5.56 Å². The molecule has 3 rings (SSSR count). The predicted octanol–water partition coefficient (Wildman–Crippen LogP) is 4.23. The molecule has 0 aromatic heterocycles. The van der Waals surface area contributed by atoms with Gasteiger partial charge in [-0.1, -0.05) is 22.0 Å². The Bertz CT molecular complexity index is 757. The summed E-state index contributed by atoms with van der Waals surface area (Å²) >= 11 is 4.79. The van der Waals surface area contributed by atoms with Gasteiger partial charge in [0.05, 0.1) is 5.75 Å². The first kappa shape index (κ1) is 17.1. The Balaban J connectivity index is 1.50. The normalized spacial score (nSPS) is 12.8. The molecule has 4 nitrogen and oxygen atoms in total. The molecular weight excluding hydrogens is 397 g/mol. The largest absolute Gasteiger partial charge is 0.486 e. The van der Waals surface area contributed by atoms with Gasteiger partial charge in [0.25, 0.3) is 0 Å². The number of benzene rings is 2. The van der Waals surface area contributed by atoms with Crippen molar-refractivity contribution in [1.82, 2.24) is 0 Å². The number of fused-ring (bicyclic) bond motifs is 1. The van der Waals surface area contributed by atoms with Crippen molar-refractivity contribution < 1.29 is 18.7 Å². The number of anilines is 1. The van der Waals surface area contributed by atoms with E-state index in [1.807, 2.05) is 0 Å². The second-order valence-corrected chi connectivity index (χ2v) is 6.98. The van der Waals surface area contributed by atoms with E-state index in [4.69, 9.17) is 9.47 Å². The fourth-order valence-corrected chi connectivity index (χ4v) is 3.72. The van der Waals surface area contributed by atoms with E-state index in [2.05, 4.69) is 21.2 Å². The maximum absolute atomic E-state index is 13.0. The quantitative estimate of drug-likeness (QED) is 0.799. The van der Waals surface area contributed by atoms with Crippen LogP contribution in [0.3, 0.4) is 0 Å². The molecule has 1 aliphatic rings. The Morgan fingerprint density at radius 2 is 1.96 bits per heavy atom. The molecule has 0 atom stereocenters. The summed E-state index contributed by atoms with van der Waals surface area (Å²) in [4.78, 5) is 12.0. The highest BCUT2D eigenvalue weighted by molar-refractivity contribution is 9.10. The van der Waals surface area contributed by atoms with Crippen LogP contribution in [-0.4, -0.2) is 24.9 Å². The van der Waals surface area contributed by atoms with Gasteiger partial charge in [-0.15, -0.1) is 11.8 Å². The van der Waals surface area contributed by atoms with Crippen molar-refractivity contribution in [3.05, 3.63) is 52.3 Å². The molecule has 0 saturated carbocycles. The number of halogens is 2. The Morgan fingerprint density at radius 3 is 2.75 bits per heavy atom. The third-order valence-electron chi connectivity index (χ3n) is 3.33. The summed E-state index contributed by atoms with van der Waals surface area (Å²) in [6.07, 6.45) is 0. The standard InChI is InChI=1S/C17H15BrFNO3S/c18-14-7-12(19)2-1-11(14)9-24-10-17(21)20-13-3-4-15-16(8-13)23-6-5-22-15/h1-4,7-8H,5-6,9-10H2,(H,20,21). The van der Waals surface area contributed by atoms with Crippen molar-refractivity contribution in [2.24, 2.45) is 0 Å². The van der Waals surface area contributed by atoms with E-state index < -0.39 is 0 Å². The highest BCUT2D eigenvalue weighted by Gasteiger charge is 2.13. The molecular formula is C17H15BrFNO3S. The Labute approximate surface area is 151 Å². The Hall–Kier alpha value is -1.73. The zero-order valence-electron chi connectivity index (χ0n) is 12.7. The van der Waals surface area contributed by atoms with E-state index in [1.54, 1.807) is 24.3 Å². The minimum Gasteiger partial charge on any atom is -0.486 e. The lowest BCUT2D eigenvalue weighted by Crippen LogP contribution is -2.17. The zero-order valence-corrected chi connectivity index (χ0v) is 15.1. The number of ether oxygens (including phenoxy) is 2. The van der Waals surface area contributed by atoms with Crippen LogP contribution in [0.25, 0.3) is 0 Å². The first-order valence-electron chi connectivity index (χ1n) is 7.33. The minimum absolute atomic E-state index is 0.102. The van der Waals surface area contributed by atoms with Crippen molar-refractivity contribution in [3.8, 4) is 11.5 Å². The van der Waals surface area contributed by atoms with Crippen LogP contribution in [-0.2, 0) is 10.5 Å². The molecule has 24 heavy (non-hydrogen) atoms. The van der Waals surface area contributed by atoms with Crippen LogP contribution in [0, 0.1) is 5.82 Å². The van der Waals surface area contributed by atoms with E-state index >= 15 is 0 Å². The van der Waals surface area contributed by atoms with Gasteiger partial charge in [-0.3, -0.25) is 4.79 Å². The van der Waals surface area contributed by atoms with Gasteiger partial charge in [-0.25, -0.2) is 4.39 Å². The maximum atomic E-state index is 13.0. The molecule has 0 bridgehead atoms. The van der Waals surface area contributed by atoms with Crippen molar-refractivity contribution in [2.45, 2.75) is 5.75 Å². The molecule has 0 fully saturated rings. The molecule has 2 aromatic carbocycles. The highest BCUT2D eigenvalue weighted by atomic mass is 79.9. The van der Waals surface area contributed by atoms with Gasteiger partial charge in [0, 0.05) is 22.0 Å². The molecule has 1 heterocycles. The number of hydrogen-bond donors (Lipinski definition) is 1. The molecule has 1 aliphatic heterocycles. The van der Waals surface area contributed by atoms with E-state index in [1.165, 1.54) is 23.9 Å². The van der Waals surface area contributed by atoms with Crippen LogP contribution < -0.4 is 14.8 Å². The van der Waals surface area contributed by atoms with Crippen LogP contribution in [0.4, 0.5) is 10.1 Å². The zero-order chi connectivity index (χ0) is 16.9. The first-order valence-corrected chi connectivity index (χ1v) is 9.28. The number of amides is 1. The number of nitrogens with one attached hydrogen (secondary N) is 1. The van der Waals surface area contributed by atoms with Crippen molar-refractivity contribution in [3.63, 3.8) is 0 Å². The smallest absolute Gasteiger partial charge is 0.234 e. The lowest BCUT2D eigenvalue weighted by atomic mass is 10.2. The fourth-order valence-electron chi connectivity index (χ4n) is 2.21. The molecule has 0 aliphatic carbocycles. The number of rotatable bonds is 5. The third-order valence-corrected chi connectivity index (χ3v) is 5.05. The summed E-state index contributed by atoms with van der Waals surface area (Å²) in [6.45, 7) is 1.04. The topological polar surface area (TPSA) is 47.6 Å². The van der Waals surface area contributed by atoms with Crippen molar-refractivity contribution in [2.75, 3.05) is 24.3 Å². The number of carbonyl (C=O) groups excluding carboxylic acids is 1. The number of thioether (sulfide) groups is 1. The molecule has 1 amide bonds. The molecule has 2 aromatic rings. The van der Waals surface area contributed by atoms with Crippen LogP contribution in [0.5, 0.6) is 11.5 Å². The Kier molecular flexibility index (Phi) is 5.63. The lowest BCUT2D eigenvalue weighted by Gasteiger charge is -2.19. The van der Waals surface area contributed by atoms with Crippen LogP contribution in [0.1, 0.15) is 5.56 Å². The SMILES string of the molecule is O=C(CSCc1ccc(F)cc1Br)Nc1ccc2c(c1)OCCO2. The molecule has 0 radical (unpaired) electrons. The summed E-state index contributed by atoms with van der Waals surface area (Å²) in [5.74, 6) is 1.87. The van der Waals surface area contributed by atoms with Gasteiger partial charge in [0.1, 0.15) is 19.0 Å². The fraction of sp³-hybridized carbons (Fsp3) is 0.235. The van der Waals surface area contributed by atoms with E-state index in [0.29, 0.717) is 46.4 Å². The van der Waals surface area contributed by atoms with Crippen LogP contribution >= 0.6 is 27.7 Å². The third kappa shape index (κ3) is 4.42. The van der Waals surface area contributed by atoms with Crippen LogP contribution in [0.2, 0.25) is 0 Å². The molecule has 7 heteroatoms. The molecule has 0 saturated heterocycles. The lowest BCUT2D eigenvalue weighted by molar-refractivity contribution is -0.113. The first-order chi connectivity index (χ1) is 11.6. The van der Waals surface area contributed by atoms with Crippen molar-refractivity contribution in [1.29, 1.82) is 0 Å². The van der Waals surface area contributed by atoms with E-state index in [9.17, 15) is 9.18 Å².